The number of piperidine rings is 1. The quantitative estimate of drug-likeness (QED) is 0.131. The predicted molar refractivity (Wildman–Crippen MR) is 221 cm³/mol. The average molecular weight is 825 g/mol. The van der Waals surface area contributed by atoms with E-state index in [1.54, 1.807) is 6.07 Å². The van der Waals surface area contributed by atoms with E-state index < -0.39 is 63.5 Å². The van der Waals surface area contributed by atoms with Gasteiger partial charge in [0, 0.05) is 78.2 Å². The number of benzene rings is 2. The number of nitrogens with one attached hydrogen (secondary N) is 1. The zero-order valence-corrected chi connectivity index (χ0v) is 35.3. The number of hydrogen-bond donors (Lipinski definition) is 3. The Kier molecular flexibility index (Phi) is 9.58. The van der Waals surface area contributed by atoms with Crippen molar-refractivity contribution < 1.29 is 48.3 Å². The van der Waals surface area contributed by atoms with Crippen LogP contribution in [-0.4, -0.2) is 133 Å². The maximum absolute atomic E-state index is 15.3. The van der Waals surface area contributed by atoms with Crippen molar-refractivity contribution in [3.05, 3.63) is 70.9 Å². The van der Waals surface area contributed by atoms with Gasteiger partial charge in [-0.15, -0.1) is 0 Å². The van der Waals surface area contributed by atoms with Gasteiger partial charge in [-0.3, -0.25) is 24.2 Å². The summed E-state index contributed by atoms with van der Waals surface area (Å²) in [5.74, 6) is -2.06. The van der Waals surface area contributed by atoms with Gasteiger partial charge in [-0.2, -0.15) is 0 Å². The molecule has 320 valence electrons. The fourth-order valence-corrected chi connectivity index (χ4v) is 13.4. The molecule has 3 N–H and O–H groups in total. The summed E-state index contributed by atoms with van der Waals surface area (Å²) in [4.78, 5) is 66.1. The number of carbonyl (C=O) groups is 4. The second-order valence-corrected chi connectivity index (χ2v) is 18.1. The number of methoxy groups -OCH3 is 3. The Balaban J connectivity index is 1.38. The van der Waals surface area contributed by atoms with E-state index in [2.05, 4.69) is 20.9 Å². The van der Waals surface area contributed by atoms with Gasteiger partial charge in [0.1, 0.15) is 11.2 Å². The van der Waals surface area contributed by atoms with Gasteiger partial charge in [0.25, 0.3) is 0 Å². The van der Waals surface area contributed by atoms with E-state index in [1.807, 2.05) is 50.3 Å². The van der Waals surface area contributed by atoms with E-state index in [1.165, 1.54) is 33.2 Å². The number of aromatic nitrogens is 1. The second kappa shape index (κ2) is 14.1. The molecule has 6 heterocycles. The topological polar surface area (TPSA) is 171 Å². The van der Waals surface area contributed by atoms with Gasteiger partial charge >= 0.3 is 17.9 Å². The predicted octanol–water partition coefficient (Wildman–Crippen LogP) is 3.52. The number of aliphatic hydroxyl groups is 2. The number of anilines is 1. The molecular weight excluding hydrogens is 769 g/mol. The lowest BCUT2D eigenvalue weighted by Gasteiger charge is -2.63. The second-order valence-electron chi connectivity index (χ2n) is 18.1. The smallest absolute Gasteiger partial charge is 0.344 e. The summed E-state index contributed by atoms with van der Waals surface area (Å²) in [6, 6.07) is 9.97. The normalized spacial score (nSPS) is 36.5. The number of aromatic amines is 1. The molecule has 1 aliphatic carbocycles. The van der Waals surface area contributed by atoms with Crippen LogP contribution in [0.2, 0.25) is 0 Å². The van der Waals surface area contributed by atoms with Gasteiger partial charge < -0.3 is 39.0 Å². The molecule has 10 atom stereocenters. The third kappa shape index (κ3) is 5.19. The molecule has 1 aromatic heterocycles. The van der Waals surface area contributed by atoms with Crippen molar-refractivity contribution in [3.63, 3.8) is 0 Å². The van der Waals surface area contributed by atoms with Gasteiger partial charge in [0.2, 0.25) is 12.0 Å². The molecule has 2 aromatic carbocycles. The van der Waals surface area contributed by atoms with Gasteiger partial charge in [0.15, 0.2) is 6.10 Å². The largest absolute Gasteiger partial charge is 0.496 e. The van der Waals surface area contributed by atoms with Crippen LogP contribution >= 0.6 is 0 Å². The van der Waals surface area contributed by atoms with E-state index in [4.69, 9.17) is 18.9 Å². The molecule has 14 nitrogen and oxygen atoms in total. The van der Waals surface area contributed by atoms with E-state index in [-0.39, 0.29) is 12.3 Å². The molecule has 3 aromatic rings. The number of esters is 3. The number of H-pyrrole nitrogens is 1. The summed E-state index contributed by atoms with van der Waals surface area (Å²) >= 11 is 0. The molecule has 60 heavy (non-hydrogen) atoms. The Hall–Kier alpha value is -4.76. The monoisotopic (exact) mass is 824 g/mol. The first kappa shape index (κ1) is 40.6. The van der Waals surface area contributed by atoms with Crippen LogP contribution in [0.3, 0.4) is 0 Å². The SMILES string of the molecule is CC[C@]1(O)C[C@H]2CN(CCc3c([nH]c4ccccc34)[C@@](C(=O)OC)(c3cc4c(cc3OC)N(C=O)[C@H]3[C@@](O)(C(=O)OC)[C@H](OC(C)=O)[C@@]5(CC)C=CCN6CC[C@]43[C@@H]65)C2)C1. The first-order valence-electron chi connectivity index (χ1n) is 21.3. The van der Waals surface area contributed by atoms with Crippen molar-refractivity contribution in [3.8, 4) is 5.75 Å². The highest BCUT2D eigenvalue weighted by Crippen LogP contribution is 2.68. The number of nitrogens with zero attached hydrogens (tertiary/aromatic N) is 3. The number of carbonyl (C=O) groups excluding carboxylic acids is 4. The van der Waals surface area contributed by atoms with Crippen molar-refractivity contribution in [2.75, 3.05) is 59.0 Å². The Morgan fingerprint density at radius 1 is 0.967 bits per heavy atom. The van der Waals surface area contributed by atoms with Crippen LogP contribution < -0.4 is 9.64 Å². The molecule has 5 aliphatic heterocycles. The number of para-hydroxylation sites is 1. The average Bonchev–Trinajstić information content (AvgIpc) is 3.92. The highest BCUT2D eigenvalue weighted by atomic mass is 16.6. The Labute approximate surface area is 349 Å². The first-order chi connectivity index (χ1) is 28.8. The van der Waals surface area contributed by atoms with Crippen LogP contribution in [0.5, 0.6) is 5.75 Å². The fraction of sp³-hybridized carbons (Fsp3) is 0.565. The maximum Gasteiger partial charge on any atom is 0.344 e. The van der Waals surface area contributed by atoms with Gasteiger partial charge in [-0.05, 0) is 74.2 Å². The Bertz CT molecular complexity index is 2310. The van der Waals surface area contributed by atoms with E-state index in [9.17, 15) is 24.6 Å². The molecule has 1 unspecified atom stereocenters. The molecule has 0 radical (unpaired) electrons. The lowest BCUT2D eigenvalue weighted by atomic mass is 9.47. The van der Waals surface area contributed by atoms with Crippen LogP contribution in [0.4, 0.5) is 5.69 Å². The minimum absolute atomic E-state index is 0.155. The summed E-state index contributed by atoms with van der Waals surface area (Å²) in [6.07, 6.45) is 5.83. The van der Waals surface area contributed by atoms with Crippen molar-refractivity contribution in [2.24, 2.45) is 11.3 Å². The van der Waals surface area contributed by atoms with Gasteiger partial charge in [-0.25, -0.2) is 4.79 Å². The third-order valence-corrected chi connectivity index (χ3v) is 15.5. The molecule has 14 heteroatoms. The number of amides is 1. The van der Waals surface area contributed by atoms with E-state index in [0.29, 0.717) is 99.5 Å². The molecular formula is C46H56N4O10. The van der Waals surface area contributed by atoms with E-state index >= 15 is 4.79 Å². The molecule has 1 spiro atoms. The van der Waals surface area contributed by atoms with Crippen LogP contribution in [-0.2, 0) is 50.6 Å². The maximum atomic E-state index is 15.3. The van der Waals surface area contributed by atoms with Gasteiger partial charge in [0.05, 0.1) is 38.7 Å². The van der Waals surface area contributed by atoms with Crippen LogP contribution in [0.25, 0.3) is 10.9 Å². The summed E-state index contributed by atoms with van der Waals surface area (Å²) in [5.41, 5.74) is -3.15. The third-order valence-electron chi connectivity index (χ3n) is 15.5. The summed E-state index contributed by atoms with van der Waals surface area (Å²) in [7, 11) is 4.09. The molecule has 1 amide bonds. The lowest BCUT2D eigenvalue weighted by Crippen LogP contribution is -2.81. The van der Waals surface area contributed by atoms with Crippen molar-refractivity contribution in [2.45, 2.75) is 99.5 Å². The van der Waals surface area contributed by atoms with Crippen LogP contribution in [0, 0.1) is 11.3 Å². The van der Waals surface area contributed by atoms with Crippen molar-refractivity contribution in [1.29, 1.82) is 0 Å². The zero-order valence-electron chi connectivity index (χ0n) is 35.3. The van der Waals surface area contributed by atoms with Crippen molar-refractivity contribution in [1.82, 2.24) is 14.8 Å². The highest BCUT2D eigenvalue weighted by Gasteiger charge is 2.81. The Morgan fingerprint density at radius 3 is 2.42 bits per heavy atom. The summed E-state index contributed by atoms with van der Waals surface area (Å²) in [6.45, 7) is 8.16. The van der Waals surface area contributed by atoms with Crippen LogP contribution in [0.15, 0.2) is 48.6 Å². The molecule has 6 aliphatic rings. The van der Waals surface area contributed by atoms with Crippen LogP contribution in [0.1, 0.15) is 75.3 Å². The minimum Gasteiger partial charge on any atom is -0.496 e. The zero-order chi connectivity index (χ0) is 42.6. The first-order valence-corrected chi connectivity index (χ1v) is 21.3. The fourth-order valence-electron chi connectivity index (χ4n) is 13.4. The molecule has 9 rings (SSSR count). The summed E-state index contributed by atoms with van der Waals surface area (Å²) in [5, 5.41) is 26.3. The Morgan fingerprint density at radius 2 is 1.73 bits per heavy atom. The molecule has 1 saturated carbocycles. The van der Waals surface area contributed by atoms with Gasteiger partial charge in [-0.1, -0.05) is 44.2 Å². The number of ether oxygens (including phenoxy) is 4. The number of fused-ring (bicyclic) bond motifs is 6. The number of rotatable bonds is 8. The standard InChI is InChI=1S/C46H56N4O10/c1-7-42(55)22-28-23-45(40(53)58-5,36-30(14-18-48(24-28)25-42)29-12-9-10-13-33(29)47-36)32-20-31-34(21-35(32)57-4)50(26-51)38-44(31)16-19-49-17-11-15-43(8-2,37(44)49)39(60-27(3)52)46(38,56)41(54)59-6/h9-13,15,20-21,26,28,37-39,47,55-56H,7-8,14,16-19,22-25H2,1-6H3/t28-,37+,38-,39-,42+,43+,44-,45+,46+/m1/s1. The lowest BCUT2D eigenvalue weighted by molar-refractivity contribution is -0.228. The molecule has 2 saturated heterocycles. The summed E-state index contributed by atoms with van der Waals surface area (Å²) < 4.78 is 23.7. The number of hydrogen-bond acceptors (Lipinski definition) is 12. The highest BCUT2D eigenvalue weighted by molar-refractivity contribution is 5.96. The minimum atomic E-state index is -2.53. The molecule has 3 fully saturated rings. The van der Waals surface area contributed by atoms with Crippen molar-refractivity contribution >= 4 is 40.9 Å². The molecule has 2 bridgehead atoms. The van der Waals surface area contributed by atoms with E-state index in [0.717, 1.165) is 16.5 Å².